The molecule has 7 rings (SSSR count). The summed E-state index contributed by atoms with van der Waals surface area (Å²) in [4.78, 5) is 60.8. The number of amides is 4. The third-order valence-corrected chi connectivity index (χ3v) is 10.9. The van der Waals surface area contributed by atoms with Crippen LogP contribution < -0.4 is 10.6 Å². The Morgan fingerprint density at radius 2 is 1.02 bits per heavy atom. The Morgan fingerprint density at radius 3 is 1.49 bits per heavy atom. The van der Waals surface area contributed by atoms with Crippen LogP contribution in [0.15, 0.2) is 59.1 Å². The summed E-state index contributed by atoms with van der Waals surface area (Å²) in [6.07, 6.45) is 15.2. The summed E-state index contributed by atoms with van der Waals surface area (Å²) in [5.41, 5.74) is 2.92. The Morgan fingerprint density at radius 1 is 0.571 bits per heavy atom. The number of anilines is 2. The van der Waals surface area contributed by atoms with E-state index in [4.69, 9.17) is 4.42 Å². The average Bonchev–Trinajstić information content (AvgIpc) is 3.94. The molecule has 2 N–H and O–H groups in total. The zero-order chi connectivity index (χ0) is 33.7. The van der Waals surface area contributed by atoms with Crippen LogP contribution in [-0.4, -0.2) is 63.6 Å². The van der Waals surface area contributed by atoms with Crippen LogP contribution in [0.5, 0.6) is 0 Å². The maximum atomic E-state index is 13.2. The van der Waals surface area contributed by atoms with E-state index in [2.05, 4.69) is 15.6 Å². The van der Waals surface area contributed by atoms with Crippen molar-refractivity contribution in [3.05, 3.63) is 54.7 Å². The molecule has 2 saturated heterocycles. The molecule has 4 aliphatic rings. The van der Waals surface area contributed by atoms with E-state index in [-0.39, 0.29) is 35.5 Å². The van der Waals surface area contributed by atoms with Crippen molar-refractivity contribution < 1.29 is 23.6 Å². The van der Waals surface area contributed by atoms with Gasteiger partial charge in [0.1, 0.15) is 12.1 Å². The quantitative estimate of drug-likeness (QED) is 0.266. The number of benzene rings is 2. The lowest BCUT2D eigenvalue weighted by Crippen LogP contribution is -2.46. The normalized spacial score (nSPS) is 21.9. The molecule has 0 unspecified atom stereocenters. The van der Waals surface area contributed by atoms with Gasteiger partial charge in [0.15, 0.2) is 5.76 Å². The number of hydrogen-bond donors (Lipinski definition) is 2. The van der Waals surface area contributed by atoms with Crippen molar-refractivity contribution in [3.8, 4) is 22.8 Å². The number of rotatable bonds is 8. The number of oxazole rings is 1. The Bertz CT molecular complexity index is 1520. The molecule has 2 aliphatic carbocycles. The highest BCUT2D eigenvalue weighted by Crippen LogP contribution is 2.32. The van der Waals surface area contributed by atoms with E-state index in [1.54, 1.807) is 16.0 Å². The molecule has 2 aromatic carbocycles. The second-order valence-electron chi connectivity index (χ2n) is 14.2. The molecule has 0 bridgehead atoms. The molecule has 3 aromatic rings. The molecule has 0 spiro atoms. The molecular weight excluding hydrogens is 618 g/mol. The molecule has 2 atom stereocenters. The third kappa shape index (κ3) is 7.43. The van der Waals surface area contributed by atoms with Crippen LogP contribution in [0.3, 0.4) is 0 Å². The fraction of sp³-hybridized carbons (Fsp3) is 0.513. The monoisotopic (exact) mass is 665 g/mol. The highest BCUT2D eigenvalue weighted by Gasteiger charge is 2.38. The second kappa shape index (κ2) is 15.0. The van der Waals surface area contributed by atoms with Gasteiger partial charge in [-0.2, -0.15) is 0 Å². The van der Waals surface area contributed by atoms with E-state index < -0.39 is 12.1 Å². The van der Waals surface area contributed by atoms with Gasteiger partial charge in [0.2, 0.25) is 29.5 Å². The topological polar surface area (TPSA) is 125 Å². The van der Waals surface area contributed by atoms with Crippen LogP contribution >= 0.6 is 0 Å². The van der Waals surface area contributed by atoms with Gasteiger partial charge in [0.25, 0.3) is 0 Å². The first-order valence-corrected chi connectivity index (χ1v) is 18.3. The minimum absolute atomic E-state index is 0.0579. The lowest BCUT2D eigenvalue weighted by molar-refractivity contribution is -0.141. The van der Waals surface area contributed by atoms with Gasteiger partial charge in [-0.05, 0) is 99.9 Å². The molecule has 10 nitrogen and oxygen atoms in total. The number of carbonyl (C=O) groups is 4. The van der Waals surface area contributed by atoms with Gasteiger partial charge in [-0.1, -0.05) is 38.5 Å². The van der Waals surface area contributed by atoms with Gasteiger partial charge in [-0.25, -0.2) is 4.98 Å². The van der Waals surface area contributed by atoms with Crippen molar-refractivity contribution in [2.24, 2.45) is 11.8 Å². The summed E-state index contributed by atoms with van der Waals surface area (Å²) in [5, 5.41) is 6.02. The molecule has 4 fully saturated rings. The Kier molecular flexibility index (Phi) is 10.1. The summed E-state index contributed by atoms with van der Waals surface area (Å²) in [7, 11) is 0. The number of likely N-dealkylation sites (tertiary alicyclic amines) is 2. The standard InChI is InChI=1S/C39H47N5O5/c45-35(32-13-7-23-43(32)38(47)28-9-3-1-4-10-28)41-30-19-15-26(16-20-30)34-25-40-37(49-34)27-17-21-31(22-18-27)42-36(46)33-14-8-24-44(33)39(48)29-11-5-2-6-12-29/h15-22,25,28-29,32-33H,1-14,23-24H2,(H,41,45)(H,42,46)/t32-,33-/m0/s1. The van der Waals surface area contributed by atoms with E-state index in [9.17, 15) is 19.2 Å². The van der Waals surface area contributed by atoms with Crippen molar-refractivity contribution in [2.75, 3.05) is 23.7 Å². The number of aromatic nitrogens is 1. The fourth-order valence-corrected chi connectivity index (χ4v) is 8.18. The second-order valence-corrected chi connectivity index (χ2v) is 14.2. The largest absolute Gasteiger partial charge is 0.436 e. The zero-order valence-electron chi connectivity index (χ0n) is 28.2. The van der Waals surface area contributed by atoms with E-state index in [0.29, 0.717) is 49.0 Å². The van der Waals surface area contributed by atoms with Gasteiger partial charge < -0.3 is 24.9 Å². The Labute approximate surface area is 288 Å². The molecule has 49 heavy (non-hydrogen) atoms. The van der Waals surface area contributed by atoms with Gasteiger partial charge in [-0.3, -0.25) is 19.2 Å². The van der Waals surface area contributed by atoms with Crippen molar-refractivity contribution in [3.63, 3.8) is 0 Å². The summed E-state index contributed by atoms with van der Waals surface area (Å²) in [5.74, 6) is 1.18. The number of hydrogen-bond acceptors (Lipinski definition) is 6. The number of nitrogens with one attached hydrogen (secondary N) is 2. The summed E-state index contributed by atoms with van der Waals surface area (Å²) in [6.45, 7) is 1.30. The summed E-state index contributed by atoms with van der Waals surface area (Å²) >= 11 is 0. The lowest BCUT2D eigenvalue weighted by atomic mass is 9.88. The SMILES string of the molecule is O=C(Nc1ccc(-c2cnc(-c3ccc(NC(=O)[C@@H]4CCCN4C(=O)C4CCCCC4)cc3)o2)cc1)[C@@H]1CCCN1C(=O)C1CCCCC1. The first kappa shape index (κ1) is 33.0. The molecule has 1 aromatic heterocycles. The minimum atomic E-state index is -0.420. The lowest BCUT2D eigenvalue weighted by Gasteiger charge is -2.30. The molecule has 0 radical (unpaired) electrons. The van der Waals surface area contributed by atoms with Crippen LogP contribution in [0.2, 0.25) is 0 Å². The van der Waals surface area contributed by atoms with Crippen molar-refractivity contribution in [2.45, 2.75) is 102 Å². The first-order chi connectivity index (χ1) is 23.9. The van der Waals surface area contributed by atoms with Gasteiger partial charge in [0.05, 0.1) is 6.20 Å². The van der Waals surface area contributed by atoms with Crippen LogP contribution in [0.25, 0.3) is 22.8 Å². The highest BCUT2D eigenvalue weighted by molar-refractivity contribution is 5.99. The van der Waals surface area contributed by atoms with Gasteiger partial charge in [-0.15, -0.1) is 0 Å². The van der Waals surface area contributed by atoms with Crippen LogP contribution in [-0.2, 0) is 19.2 Å². The summed E-state index contributed by atoms with van der Waals surface area (Å²) in [6, 6.07) is 14.0. The van der Waals surface area contributed by atoms with Crippen LogP contribution in [0.1, 0.15) is 89.9 Å². The summed E-state index contributed by atoms with van der Waals surface area (Å²) < 4.78 is 6.08. The predicted molar refractivity (Wildman–Crippen MR) is 187 cm³/mol. The predicted octanol–water partition coefficient (Wildman–Crippen LogP) is 7.03. The van der Waals surface area contributed by atoms with E-state index in [1.165, 1.54) is 12.8 Å². The number of nitrogens with zero attached hydrogens (tertiary/aromatic N) is 3. The van der Waals surface area contributed by atoms with Gasteiger partial charge >= 0.3 is 0 Å². The Balaban J connectivity index is 0.932. The molecule has 2 aliphatic heterocycles. The first-order valence-electron chi connectivity index (χ1n) is 18.3. The zero-order valence-corrected chi connectivity index (χ0v) is 28.2. The molecule has 3 heterocycles. The molecule has 2 saturated carbocycles. The van der Waals surface area contributed by atoms with Crippen molar-refractivity contribution in [1.82, 2.24) is 14.8 Å². The smallest absolute Gasteiger partial charge is 0.247 e. The maximum absolute atomic E-state index is 13.2. The van der Waals surface area contributed by atoms with E-state index >= 15 is 0 Å². The van der Waals surface area contributed by atoms with Crippen molar-refractivity contribution >= 4 is 35.0 Å². The van der Waals surface area contributed by atoms with E-state index in [1.807, 2.05) is 48.5 Å². The van der Waals surface area contributed by atoms with Crippen LogP contribution in [0.4, 0.5) is 11.4 Å². The Hall–Kier alpha value is -4.47. The van der Waals surface area contributed by atoms with Crippen molar-refractivity contribution in [1.29, 1.82) is 0 Å². The molecule has 4 amide bonds. The fourth-order valence-electron chi connectivity index (χ4n) is 8.18. The van der Waals surface area contributed by atoms with E-state index in [0.717, 1.165) is 75.3 Å². The molecular formula is C39H47N5O5. The average molecular weight is 666 g/mol. The molecule has 10 heteroatoms. The maximum Gasteiger partial charge on any atom is 0.247 e. The third-order valence-electron chi connectivity index (χ3n) is 10.9. The minimum Gasteiger partial charge on any atom is -0.436 e. The highest BCUT2D eigenvalue weighted by atomic mass is 16.4. The molecule has 258 valence electrons. The van der Waals surface area contributed by atoms with Gasteiger partial charge in [0, 0.05) is 47.4 Å². The van der Waals surface area contributed by atoms with Crippen LogP contribution in [0, 0.1) is 11.8 Å². The number of carbonyl (C=O) groups excluding carboxylic acids is 4.